The quantitative estimate of drug-likeness (QED) is 0.143. The molecule has 0 aromatic rings. The smallest absolute Gasteiger partial charge is 0.326 e. The zero-order valence-electron chi connectivity index (χ0n) is 19.5. The molecular formula is C21H37N5O7S. The number of hydrogen-bond donors (Lipinski definition) is 6. The number of nitrogens with two attached hydrogens (primary N) is 2. The molecule has 1 fully saturated rings. The molecule has 0 radical (unpaired) electrons. The average molecular weight is 504 g/mol. The number of nitrogens with zero attached hydrogens (tertiary/aromatic N) is 1. The Morgan fingerprint density at radius 3 is 2.35 bits per heavy atom. The first kappa shape index (κ1) is 29.7. The molecule has 8 N–H and O–H groups in total. The van der Waals surface area contributed by atoms with Crippen molar-refractivity contribution in [3.05, 3.63) is 0 Å². The predicted molar refractivity (Wildman–Crippen MR) is 127 cm³/mol. The number of unbranched alkanes of at least 4 members (excludes halogenated alkanes) is 1. The Morgan fingerprint density at radius 1 is 1.06 bits per heavy atom. The van der Waals surface area contributed by atoms with Crippen LogP contribution in [0.2, 0.25) is 0 Å². The molecule has 1 aliphatic rings. The van der Waals surface area contributed by atoms with E-state index in [4.69, 9.17) is 16.6 Å². The number of thioether (sulfide) groups is 1. The lowest BCUT2D eigenvalue weighted by molar-refractivity contribution is -0.143. The molecule has 12 nitrogen and oxygen atoms in total. The Balaban J connectivity index is 2.84. The summed E-state index contributed by atoms with van der Waals surface area (Å²) in [5, 5.41) is 23.4. The molecule has 0 aromatic heterocycles. The third-order valence-corrected chi connectivity index (χ3v) is 6.27. The molecule has 1 heterocycles. The van der Waals surface area contributed by atoms with Crippen molar-refractivity contribution < 1.29 is 34.2 Å². The lowest BCUT2D eigenvalue weighted by atomic mass is 10.1. The van der Waals surface area contributed by atoms with Crippen LogP contribution >= 0.6 is 11.8 Å². The second kappa shape index (κ2) is 15.5. The van der Waals surface area contributed by atoms with Gasteiger partial charge in [-0.05, 0) is 63.5 Å². The maximum atomic E-state index is 13.0. The number of rotatable bonds is 16. The minimum atomic E-state index is -1.16. The van der Waals surface area contributed by atoms with Gasteiger partial charge in [0, 0.05) is 13.0 Å². The standard InChI is InChI=1S/C21H37N5O7S/c1-34-12-9-14(18(29)25-15(21(32)33)5-2-3-10-22)24-19(30)16-6-4-11-26(16)20(31)13(23)7-8-17(27)28/h13-16H,2-12,22-23H2,1H3,(H,24,30)(H,25,29)(H,27,28)(H,32,33). The van der Waals surface area contributed by atoms with Crippen LogP contribution in [0.1, 0.15) is 51.4 Å². The minimum absolute atomic E-state index is 0.0432. The molecule has 1 aliphatic heterocycles. The first-order valence-electron chi connectivity index (χ1n) is 11.4. The van der Waals surface area contributed by atoms with Crippen LogP contribution in [0, 0.1) is 0 Å². The summed E-state index contributed by atoms with van der Waals surface area (Å²) >= 11 is 1.48. The molecule has 4 unspecified atom stereocenters. The molecule has 0 bridgehead atoms. The van der Waals surface area contributed by atoms with Gasteiger partial charge >= 0.3 is 11.9 Å². The number of nitrogens with one attached hydrogen (secondary N) is 2. The van der Waals surface area contributed by atoms with Crippen LogP contribution < -0.4 is 22.1 Å². The van der Waals surface area contributed by atoms with Gasteiger partial charge in [-0.15, -0.1) is 0 Å². The summed E-state index contributed by atoms with van der Waals surface area (Å²) in [6.07, 6.45) is 4.18. The lowest BCUT2D eigenvalue weighted by Gasteiger charge is -2.28. The molecule has 1 rings (SSSR count). The maximum absolute atomic E-state index is 13.0. The molecular weight excluding hydrogens is 466 g/mol. The van der Waals surface area contributed by atoms with E-state index < -0.39 is 53.8 Å². The molecule has 0 spiro atoms. The van der Waals surface area contributed by atoms with E-state index in [9.17, 15) is 29.1 Å². The van der Waals surface area contributed by atoms with Crippen LogP contribution in [0.15, 0.2) is 0 Å². The highest BCUT2D eigenvalue weighted by Crippen LogP contribution is 2.20. The van der Waals surface area contributed by atoms with Crippen molar-refractivity contribution in [1.82, 2.24) is 15.5 Å². The van der Waals surface area contributed by atoms with E-state index in [2.05, 4.69) is 10.6 Å². The van der Waals surface area contributed by atoms with Crippen molar-refractivity contribution >= 4 is 41.4 Å². The van der Waals surface area contributed by atoms with Gasteiger partial charge in [-0.3, -0.25) is 19.2 Å². The van der Waals surface area contributed by atoms with Gasteiger partial charge in [0.1, 0.15) is 18.1 Å². The van der Waals surface area contributed by atoms with E-state index in [0.717, 1.165) is 0 Å². The predicted octanol–water partition coefficient (Wildman–Crippen LogP) is -0.894. The number of carboxylic acids is 2. The molecule has 4 atom stereocenters. The van der Waals surface area contributed by atoms with E-state index in [1.165, 1.54) is 16.7 Å². The average Bonchev–Trinajstić information content (AvgIpc) is 3.28. The number of carbonyl (C=O) groups is 5. The van der Waals surface area contributed by atoms with Gasteiger partial charge in [-0.25, -0.2) is 4.79 Å². The van der Waals surface area contributed by atoms with Gasteiger partial charge in [0.2, 0.25) is 17.7 Å². The zero-order valence-corrected chi connectivity index (χ0v) is 20.3. The highest BCUT2D eigenvalue weighted by molar-refractivity contribution is 7.98. The normalized spacial score (nSPS) is 18.1. The van der Waals surface area contributed by atoms with Crippen LogP contribution in [0.25, 0.3) is 0 Å². The van der Waals surface area contributed by atoms with Gasteiger partial charge in [0.15, 0.2) is 0 Å². The van der Waals surface area contributed by atoms with E-state index in [1.807, 2.05) is 6.26 Å². The van der Waals surface area contributed by atoms with E-state index in [0.29, 0.717) is 44.5 Å². The summed E-state index contributed by atoms with van der Waals surface area (Å²) in [6, 6.07) is -3.92. The Hall–Kier alpha value is -2.38. The number of amides is 3. The Morgan fingerprint density at radius 2 is 1.76 bits per heavy atom. The van der Waals surface area contributed by atoms with Crippen molar-refractivity contribution in [2.45, 2.75) is 75.5 Å². The zero-order chi connectivity index (χ0) is 25.7. The van der Waals surface area contributed by atoms with Crippen molar-refractivity contribution in [2.24, 2.45) is 11.5 Å². The molecule has 0 aromatic carbocycles. The maximum Gasteiger partial charge on any atom is 0.326 e. The summed E-state index contributed by atoms with van der Waals surface area (Å²) in [4.78, 5) is 62.2. The van der Waals surface area contributed by atoms with E-state index in [-0.39, 0.29) is 25.7 Å². The fraction of sp³-hybridized carbons (Fsp3) is 0.762. The highest BCUT2D eigenvalue weighted by atomic mass is 32.2. The first-order valence-corrected chi connectivity index (χ1v) is 12.8. The van der Waals surface area contributed by atoms with Crippen LogP contribution in [0.4, 0.5) is 0 Å². The van der Waals surface area contributed by atoms with Crippen molar-refractivity contribution in [3.8, 4) is 0 Å². The van der Waals surface area contributed by atoms with E-state index >= 15 is 0 Å². The fourth-order valence-corrected chi connectivity index (χ4v) is 4.18. The summed E-state index contributed by atoms with van der Waals surface area (Å²) in [5.41, 5.74) is 11.3. The van der Waals surface area contributed by atoms with E-state index in [1.54, 1.807) is 0 Å². The number of aliphatic carboxylic acids is 2. The Kier molecular flexibility index (Phi) is 13.5. The molecule has 34 heavy (non-hydrogen) atoms. The van der Waals surface area contributed by atoms with Crippen LogP contribution in [-0.2, 0) is 24.0 Å². The second-order valence-corrected chi connectivity index (χ2v) is 9.24. The molecule has 0 aliphatic carbocycles. The summed E-state index contributed by atoms with van der Waals surface area (Å²) in [5.74, 6) is -3.30. The first-order chi connectivity index (χ1) is 16.1. The Labute approximate surface area is 203 Å². The lowest BCUT2D eigenvalue weighted by Crippen LogP contribution is -2.56. The van der Waals surface area contributed by atoms with Gasteiger partial charge in [-0.1, -0.05) is 0 Å². The number of carboxylic acid groups (broad SMARTS) is 2. The SMILES string of the molecule is CSCCC(NC(=O)C1CCCN1C(=O)C(N)CCC(=O)O)C(=O)NC(CCCCN)C(=O)O. The van der Waals surface area contributed by atoms with Gasteiger partial charge in [-0.2, -0.15) is 11.8 Å². The second-order valence-electron chi connectivity index (χ2n) is 8.26. The Bertz CT molecular complexity index is 724. The van der Waals surface area contributed by atoms with Gasteiger partial charge < -0.3 is 37.2 Å². The summed E-state index contributed by atoms with van der Waals surface area (Å²) in [6.45, 7) is 0.727. The third-order valence-electron chi connectivity index (χ3n) is 5.63. The van der Waals surface area contributed by atoms with Crippen LogP contribution in [0.3, 0.4) is 0 Å². The largest absolute Gasteiger partial charge is 0.481 e. The van der Waals surface area contributed by atoms with Crippen molar-refractivity contribution in [1.29, 1.82) is 0 Å². The third kappa shape index (κ3) is 9.85. The van der Waals surface area contributed by atoms with Gasteiger partial charge in [0.25, 0.3) is 0 Å². The molecule has 194 valence electrons. The number of hydrogen-bond acceptors (Lipinski definition) is 8. The number of likely N-dealkylation sites (tertiary alicyclic amines) is 1. The molecule has 13 heteroatoms. The van der Waals surface area contributed by atoms with Crippen molar-refractivity contribution in [2.75, 3.05) is 25.1 Å². The topological polar surface area (TPSA) is 205 Å². The van der Waals surface area contributed by atoms with Gasteiger partial charge in [0.05, 0.1) is 6.04 Å². The highest BCUT2D eigenvalue weighted by Gasteiger charge is 2.37. The number of carbonyl (C=O) groups excluding carboxylic acids is 3. The molecule has 0 saturated carbocycles. The van der Waals surface area contributed by atoms with Crippen LogP contribution in [0.5, 0.6) is 0 Å². The molecule has 3 amide bonds. The summed E-state index contributed by atoms with van der Waals surface area (Å²) in [7, 11) is 0. The van der Waals surface area contributed by atoms with Crippen LogP contribution in [-0.4, -0.2) is 94.0 Å². The monoisotopic (exact) mass is 503 g/mol. The minimum Gasteiger partial charge on any atom is -0.481 e. The fourth-order valence-electron chi connectivity index (χ4n) is 3.71. The molecule has 1 saturated heterocycles. The summed E-state index contributed by atoms with van der Waals surface area (Å²) < 4.78 is 0. The van der Waals surface area contributed by atoms with Crippen molar-refractivity contribution in [3.63, 3.8) is 0 Å².